The molecule has 0 saturated heterocycles. The second kappa shape index (κ2) is 7.37. The van der Waals surface area contributed by atoms with Crippen LogP contribution in [0.25, 0.3) is 0 Å². The normalized spacial score (nSPS) is 9.74. The van der Waals surface area contributed by atoms with Crippen molar-refractivity contribution < 1.29 is 19.5 Å². The van der Waals surface area contributed by atoms with Crippen LogP contribution in [-0.2, 0) is 4.79 Å². The highest BCUT2D eigenvalue weighted by atomic mass is 32.1. The van der Waals surface area contributed by atoms with Crippen LogP contribution in [0, 0.1) is 0 Å². The Morgan fingerprint density at radius 3 is 2.68 bits per heavy atom. The van der Waals surface area contributed by atoms with Crippen LogP contribution in [0.3, 0.4) is 0 Å². The van der Waals surface area contributed by atoms with Crippen LogP contribution in [0.1, 0.15) is 23.7 Å². The summed E-state index contributed by atoms with van der Waals surface area (Å²) in [7, 11) is 0. The smallest absolute Gasteiger partial charge is 0.338 e. The maximum absolute atomic E-state index is 11.5. The molecule has 0 aliphatic heterocycles. The van der Waals surface area contributed by atoms with E-state index in [2.05, 4.69) is 16.0 Å². The minimum absolute atomic E-state index is 0.0453. The lowest BCUT2D eigenvalue weighted by atomic mass is 10.3. The van der Waals surface area contributed by atoms with Gasteiger partial charge in [0, 0.05) is 19.5 Å². The fraction of sp³-hybridized carbons (Fsp3) is 0.364. The van der Waals surface area contributed by atoms with E-state index in [1.165, 1.54) is 6.07 Å². The molecule has 0 aliphatic rings. The van der Waals surface area contributed by atoms with E-state index >= 15 is 0 Å². The van der Waals surface area contributed by atoms with Gasteiger partial charge in [-0.15, -0.1) is 11.3 Å². The van der Waals surface area contributed by atoms with Crippen molar-refractivity contribution >= 4 is 34.2 Å². The summed E-state index contributed by atoms with van der Waals surface area (Å²) in [6.45, 7) is 2.54. The molecule has 0 bridgehead atoms. The zero-order chi connectivity index (χ0) is 14.3. The van der Waals surface area contributed by atoms with Gasteiger partial charge in [-0.05, 0) is 18.4 Å². The van der Waals surface area contributed by atoms with Gasteiger partial charge in [0.25, 0.3) is 0 Å². The SMILES string of the molecule is CCNC(=O)CCNC(=O)Nc1sccc1C(=O)O. The summed E-state index contributed by atoms with van der Waals surface area (Å²) in [6, 6.07) is 0.881. The van der Waals surface area contributed by atoms with Crippen molar-refractivity contribution in [3.8, 4) is 0 Å². The number of carboxylic acid groups (broad SMARTS) is 1. The highest BCUT2D eigenvalue weighted by Gasteiger charge is 2.13. The van der Waals surface area contributed by atoms with Crippen molar-refractivity contribution in [3.63, 3.8) is 0 Å². The van der Waals surface area contributed by atoms with Gasteiger partial charge in [-0.3, -0.25) is 10.1 Å². The summed E-state index contributed by atoms with van der Waals surface area (Å²) < 4.78 is 0. The van der Waals surface area contributed by atoms with Crippen molar-refractivity contribution in [2.24, 2.45) is 0 Å². The first-order chi connectivity index (χ1) is 9.04. The average Bonchev–Trinajstić information content (AvgIpc) is 2.77. The standard InChI is InChI=1S/C11H15N3O4S/c1-2-12-8(15)3-5-13-11(18)14-9-7(10(16)17)4-6-19-9/h4,6H,2-3,5H2,1H3,(H,12,15)(H,16,17)(H2,13,14,18). The molecular weight excluding hydrogens is 270 g/mol. The van der Waals surface area contributed by atoms with E-state index in [4.69, 9.17) is 5.11 Å². The van der Waals surface area contributed by atoms with Gasteiger partial charge in [0.2, 0.25) is 5.91 Å². The van der Waals surface area contributed by atoms with Gasteiger partial charge in [0.15, 0.2) is 0 Å². The molecule has 1 rings (SSSR count). The Kier molecular flexibility index (Phi) is 5.80. The number of rotatable bonds is 6. The maximum Gasteiger partial charge on any atom is 0.338 e. The van der Waals surface area contributed by atoms with Gasteiger partial charge in [-0.1, -0.05) is 0 Å². The zero-order valence-electron chi connectivity index (χ0n) is 10.4. The van der Waals surface area contributed by atoms with E-state index in [0.29, 0.717) is 6.54 Å². The van der Waals surface area contributed by atoms with Crippen molar-refractivity contribution in [1.82, 2.24) is 10.6 Å². The highest BCUT2D eigenvalue weighted by molar-refractivity contribution is 7.14. The number of carboxylic acids is 1. The topological polar surface area (TPSA) is 108 Å². The highest BCUT2D eigenvalue weighted by Crippen LogP contribution is 2.22. The molecule has 1 aromatic heterocycles. The molecule has 7 nitrogen and oxygen atoms in total. The number of hydrogen-bond acceptors (Lipinski definition) is 4. The van der Waals surface area contributed by atoms with E-state index in [1.54, 1.807) is 5.38 Å². The van der Waals surface area contributed by atoms with Crippen LogP contribution in [0.5, 0.6) is 0 Å². The number of anilines is 1. The van der Waals surface area contributed by atoms with Crippen LogP contribution in [0.4, 0.5) is 9.80 Å². The number of thiophene rings is 1. The molecule has 19 heavy (non-hydrogen) atoms. The van der Waals surface area contributed by atoms with E-state index in [9.17, 15) is 14.4 Å². The Balaban J connectivity index is 2.37. The van der Waals surface area contributed by atoms with Gasteiger partial charge in [-0.25, -0.2) is 9.59 Å². The monoisotopic (exact) mass is 285 g/mol. The Morgan fingerprint density at radius 1 is 1.32 bits per heavy atom. The van der Waals surface area contributed by atoms with Gasteiger partial charge >= 0.3 is 12.0 Å². The maximum atomic E-state index is 11.5. The van der Waals surface area contributed by atoms with Crippen LogP contribution in [0.2, 0.25) is 0 Å². The Bertz CT molecular complexity index is 472. The van der Waals surface area contributed by atoms with E-state index in [0.717, 1.165) is 11.3 Å². The molecule has 0 aromatic carbocycles. The largest absolute Gasteiger partial charge is 0.478 e. The fourth-order valence-electron chi connectivity index (χ4n) is 1.30. The second-order valence-electron chi connectivity index (χ2n) is 3.55. The van der Waals surface area contributed by atoms with Crippen LogP contribution in [-0.4, -0.2) is 36.1 Å². The lowest BCUT2D eigenvalue weighted by Gasteiger charge is -2.06. The van der Waals surface area contributed by atoms with Crippen molar-refractivity contribution in [2.75, 3.05) is 18.4 Å². The molecule has 104 valence electrons. The van der Waals surface area contributed by atoms with Gasteiger partial charge in [-0.2, -0.15) is 0 Å². The summed E-state index contributed by atoms with van der Waals surface area (Å²) in [4.78, 5) is 33.4. The van der Waals surface area contributed by atoms with E-state index < -0.39 is 12.0 Å². The number of carbonyl (C=O) groups is 3. The first-order valence-corrected chi connectivity index (χ1v) is 6.55. The third-order valence-electron chi connectivity index (χ3n) is 2.13. The third-order valence-corrected chi connectivity index (χ3v) is 2.96. The van der Waals surface area contributed by atoms with Crippen LogP contribution in [0.15, 0.2) is 11.4 Å². The molecule has 0 spiro atoms. The number of aromatic carboxylic acids is 1. The van der Waals surface area contributed by atoms with E-state index in [-0.39, 0.29) is 29.4 Å². The predicted molar refractivity (Wildman–Crippen MR) is 71.6 cm³/mol. The molecule has 0 aliphatic carbocycles. The Morgan fingerprint density at radius 2 is 2.05 bits per heavy atom. The molecule has 4 N–H and O–H groups in total. The van der Waals surface area contributed by atoms with Crippen LogP contribution >= 0.6 is 11.3 Å². The molecule has 3 amide bonds. The third kappa shape index (κ3) is 4.96. The molecule has 8 heteroatoms. The molecule has 0 atom stereocenters. The van der Waals surface area contributed by atoms with Crippen LogP contribution < -0.4 is 16.0 Å². The Hall–Kier alpha value is -2.09. The summed E-state index contributed by atoms with van der Waals surface area (Å²) >= 11 is 1.12. The number of urea groups is 1. The predicted octanol–water partition coefficient (Wildman–Crippen LogP) is 1.09. The van der Waals surface area contributed by atoms with Gasteiger partial charge in [0.1, 0.15) is 5.00 Å². The molecule has 1 aromatic rings. The summed E-state index contributed by atoms with van der Waals surface area (Å²) in [6.07, 6.45) is 0.178. The van der Waals surface area contributed by atoms with Gasteiger partial charge in [0.05, 0.1) is 5.56 Å². The molecule has 0 unspecified atom stereocenters. The first-order valence-electron chi connectivity index (χ1n) is 5.67. The molecule has 0 radical (unpaired) electrons. The summed E-state index contributed by atoms with van der Waals surface area (Å²) in [5.41, 5.74) is 0.0453. The van der Waals surface area contributed by atoms with Crippen molar-refractivity contribution in [2.45, 2.75) is 13.3 Å². The molecule has 0 fully saturated rings. The summed E-state index contributed by atoms with van der Waals surface area (Å²) in [5, 5.41) is 18.2. The second-order valence-corrected chi connectivity index (χ2v) is 4.47. The fourth-order valence-corrected chi connectivity index (χ4v) is 2.07. The van der Waals surface area contributed by atoms with Crippen molar-refractivity contribution in [1.29, 1.82) is 0 Å². The molecule has 0 saturated carbocycles. The minimum Gasteiger partial charge on any atom is -0.478 e. The number of carbonyl (C=O) groups excluding carboxylic acids is 2. The van der Waals surface area contributed by atoms with Gasteiger partial charge < -0.3 is 15.7 Å². The molecular formula is C11H15N3O4S. The minimum atomic E-state index is -1.10. The Labute approximate surface area is 114 Å². The van der Waals surface area contributed by atoms with E-state index in [1.807, 2.05) is 6.92 Å². The average molecular weight is 285 g/mol. The quantitative estimate of drug-likeness (QED) is 0.627. The number of amides is 3. The molecule has 1 heterocycles. The lowest BCUT2D eigenvalue weighted by Crippen LogP contribution is -2.33. The van der Waals surface area contributed by atoms with Crippen molar-refractivity contribution in [3.05, 3.63) is 17.0 Å². The zero-order valence-corrected chi connectivity index (χ0v) is 11.2. The summed E-state index contributed by atoms with van der Waals surface area (Å²) in [5.74, 6) is -1.25. The first kappa shape index (κ1) is 15.0. The number of nitrogens with one attached hydrogen (secondary N) is 3. The number of hydrogen-bond donors (Lipinski definition) is 4. The lowest BCUT2D eigenvalue weighted by molar-refractivity contribution is -0.120.